The molecule has 21 heavy (non-hydrogen) atoms. The van der Waals surface area contributed by atoms with E-state index in [4.69, 9.17) is 8.83 Å². The van der Waals surface area contributed by atoms with Crippen molar-refractivity contribution >= 4 is 11.8 Å². The molecule has 2 aromatic heterocycles. The topological polar surface area (TPSA) is 52.1 Å². The summed E-state index contributed by atoms with van der Waals surface area (Å²) in [6.45, 7) is 3.85. The fourth-order valence-electron chi connectivity index (χ4n) is 1.93. The fraction of sp³-hybridized carbons (Fsp3) is 0.200. The summed E-state index contributed by atoms with van der Waals surface area (Å²) in [5.74, 6) is 0.934. The van der Waals surface area contributed by atoms with Gasteiger partial charge < -0.3 is 8.83 Å². The van der Waals surface area contributed by atoms with Crippen molar-refractivity contribution in [2.24, 2.45) is 0 Å². The molecule has 2 heterocycles. The van der Waals surface area contributed by atoms with Crippen molar-refractivity contribution in [1.82, 2.24) is 10.2 Å². The van der Waals surface area contributed by atoms with Gasteiger partial charge in [0.2, 0.25) is 0 Å². The molecule has 0 fully saturated rings. The molecule has 3 aromatic rings. The summed E-state index contributed by atoms with van der Waals surface area (Å²) in [6, 6.07) is 8.19. The smallest absolute Gasteiger partial charge is 0.277 e. The van der Waals surface area contributed by atoms with Gasteiger partial charge in [-0.2, -0.15) is 0 Å². The molecular formula is C15H13FN2O2S. The van der Waals surface area contributed by atoms with Crippen molar-refractivity contribution in [3.8, 4) is 11.5 Å². The van der Waals surface area contributed by atoms with Crippen LogP contribution in [0.5, 0.6) is 0 Å². The van der Waals surface area contributed by atoms with Crippen molar-refractivity contribution in [3.05, 3.63) is 53.7 Å². The van der Waals surface area contributed by atoms with Gasteiger partial charge in [-0.15, -0.1) is 10.2 Å². The maximum atomic E-state index is 12.9. The van der Waals surface area contributed by atoms with Gasteiger partial charge in [0.15, 0.2) is 0 Å². The predicted octanol–water partition coefficient (Wildman–Crippen LogP) is 4.63. The summed E-state index contributed by atoms with van der Waals surface area (Å²) in [5.41, 5.74) is 1.80. The number of halogens is 1. The second kappa shape index (κ2) is 5.73. The molecule has 0 saturated carbocycles. The van der Waals surface area contributed by atoms with Gasteiger partial charge in [0.1, 0.15) is 11.6 Å². The maximum absolute atomic E-state index is 12.9. The molecule has 0 N–H and O–H groups in total. The Morgan fingerprint density at radius 1 is 1.14 bits per heavy atom. The summed E-state index contributed by atoms with van der Waals surface area (Å²) >= 11 is 1.43. The van der Waals surface area contributed by atoms with E-state index < -0.39 is 0 Å². The first-order valence-corrected chi connectivity index (χ1v) is 7.31. The molecule has 0 amide bonds. The van der Waals surface area contributed by atoms with Crippen LogP contribution >= 0.6 is 11.8 Å². The van der Waals surface area contributed by atoms with Crippen LogP contribution in [-0.2, 0) is 0 Å². The van der Waals surface area contributed by atoms with E-state index in [2.05, 4.69) is 10.2 Å². The molecule has 0 bridgehead atoms. The van der Waals surface area contributed by atoms with Crippen molar-refractivity contribution in [2.45, 2.75) is 24.3 Å². The lowest BCUT2D eigenvalue weighted by Crippen LogP contribution is -1.88. The average Bonchev–Trinajstić information content (AvgIpc) is 3.08. The number of thioether (sulfide) groups is 1. The van der Waals surface area contributed by atoms with E-state index in [1.165, 1.54) is 23.9 Å². The third-order valence-electron chi connectivity index (χ3n) is 3.11. The lowest BCUT2D eigenvalue weighted by atomic mass is 10.2. The zero-order valence-corrected chi connectivity index (χ0v) is 12.4. The van der Waals surface area contributed by atoms with E-state index in [0.29, 0.717) is 11.1 Å². The molecule has 4 nitrogen and oxygen atoms in total. The van der Waals surface area contributed by atoms with E-state index in [1.54, 1.807) is 24.5 Å². The zero-order chi connectivity index (χ0) is 14.8. The van der Waals surface area contributed by atoms with E-state index in [9.17, 15) is 4.39 Å². The highest BCUT2D eigenvalue weighted by Crippen LogP contribution is 2.35. The highest BCUT2D eigenvalue weighted by Gasteiger charge is 2.16. The number of benzene rings is 1. The molecule has 0 aliphatic heterocycles. The Hall–Kier alpha value is -2.08. The average molecular weight is 304 g/mol. The first-order valence-electron chi connectivity index (χ1n) is 6.43. The Kier molecular flexibility index (Phi) is 3.79. The van der Waals surface area contributed by atoms with Crippen LogP contribution in [0.2, 0.25) is 0 Å². The van der Waals surface area contributed by atoms with E-state index >= 15 is 0 Å². The lowest BCUT2D eigenvalue weighted by molar-refractivity contribution is 0.462. The molecular weight excluding hydrogens is 291 g/mol. The van der Waals surface area contributed by atoms with Gasteiger partial charge >= 0.3 is 0 Å². The molecule has 0 radical (unpaired) electrons. The molecule has 0 spiro atoms. The van der Waals surface area contributed by atoms with Crippen molar-refractivity contribution in [3.63, 3.8) is 0 Å². The molecule has 108 valence electrons. The molecule has 1 aromatic carbocycles. The highest BCUT2D eigenvalue weighted by atomic mass is 32.2. The highest BCUT2D eigenvalue weighted by molar-refractivity contribution is 7.99. The number of rotatable bonds is 4. The van der Waals surface area contributed by atoms with Gasteiger partial charge in [-0.25, -0.2) is 4.39 Å². The molecule has 0 saturated heterocycles. The molecule has 3 rings (SSSR count). The minimum Gasteiger partial charge on any atom is -0.469 e. The van der Waals surface area contributed by atoms with Crippen molar-refractivity contribution in [2.75, 3.05) is 0 Å². The van der Waals surface area contributed by atoms with Crippen molar-refractivity contribution in [1.29, 1.82) is 0 Å². The molecule has 1 unspecified atom stereocenters. The van der Waals surface area contributed by atoms with Crippen LogP contribution in [0.15, 0.2) is 50.7 Å². The van der Waals surface area contributed by atoms with Crippen LogP contribution < -0.4 is 0 Å². The lowest BCUT2D eigenvalue weighted by Gasteiger charge is -2.07. The second-order valence-corrected chi connectivity index (χ2v) is 5.87. The van der Waals surface area contributed by atoms with Gasteiger partial charge in [0.05, 0.1) is 11.8 Å². The number of hydrogen-bond donors (Lipinski definition) is 0. The van der Waals surface area contributed by atoms with Crippen LogP contribution in [0, 0.1) is 12.7 Å². The summed E-state index contributed by atoms with van der Waals surface area (Å²) in [4.78, 5) is 0. The van der Waals surface area contributed by atoms with Crippen molar-refractivity contribution < 1.29 is 13.2 Å². The summed E-state index contributed by atoms with van der Waals surface area (Å²) in [6.07, 6.45) is 1.59. The van der Waals surface area contributed by atoms with Gasteiger partial charge in [0.25, 0.3) is 11.1 Å². The third-order valence-corrected chi connectivity index (χ3v) is 4.11. The largest absolute Gasteiger partial charge is 0.469 e. The Bertz CT molecular complexity index is 736. The molecule has 6 heteroatoms. The number of aromatic nitrogens is 2. The number of nitrogens with zero attached hydrogens (tertiary/aromatic N) is 2. The van der Waals surface area contributed by atoms with Crippen LogP contribution in [0.25, 0.3) is 11.5 Å². The fourth-order valence-corrected chi connectivity index (χ4v) is 2.74. The normalized spacial score (nSPS) is 12.5. The summed E-state index contributed by atoms with van der Waals surface area (Å²) < 4.78 is 23.8. The molecule has 0 aliphatic carbocycles. The number of aryl methyl sites for hydroxylation is 1. The molecule has 0 aliphatic rings. The Balaban J connectivity index is 1.75. The minimum absolute atomic E-state index is 0.0874. The van der Waals surface area contributed by atoms with Crippen LogP contribution in [-0.4, -0.2) is 10.2 Å². The maximum Gasteiger partial charge on any atom is 0.277 e. The van der Waals surface area contributed by atoms with Gasteiger partial charge in [-0.05, 0) is 37.6 Å². The van der Waals surface area contributed by atoms with Gasteiger partial charge in [-0.3, -0.25) is 0 Å². The SMILES string of the molecule is Cc1occc1-c1nnc(SC(C)c2ccc(F)cc2)o1. The number of furan rings is 1. The van der Waals surface area contributed by atoms with E-state index in [1.807, 2.05) is 13.8 Å². The first kappa shape index (κ1) is 13.9. The van der Waals surface area contributed by atoms with E-state index in [0.717, 1.165) is 16.9 Å². The summed E-state index contributed by atoms with van der Waals surface area (Å²) in [7, 11) is 0. The van der Waals surface area contributed by atoms with Gasteiger partial charge in [-0.1, -0.05) is 23.9 Å². The van der Waals surface area contributed by atoms with Crippen LogP contribution in [0.4, 0.5) is 4.39 Å². The standard InChI is InChI=1S/C15H13FN2O2S/c1-9-13(7-8-19-9)14-17-18-15(20-14)21-10(2)11-3-5-12(16)6-4-11/h3-8,10H,1-2H3. The van der Waals surface area contributed by atoms with Gasteiger partial charge in [0, 0.05) is 5.25 Å². The Labute approximate surface area is 125 Å². The quantitative estimate of drug-likeness (QED) is 0.658. The molecule has 1 atom stereocenters. The number of hydrogen-bond acceptors (Lipinski definition) is 5. The first-order chi connectivity index (χ1) is 10.1. The summed E-state index contributed by atoms with van der Waals surface area (Å²) in [5, 5.41) is 8.61. The monoisotopic (exact) mass is 304 g/mol. The Morgan fingerprint density at radius 2 is 1.90 bits per heavy atom. The van der Waals surface area contributed by atoms with E-state index in [-0.39, 0.29) is 11.1 Å². The van der Waals surface area contributed by atoms with Crippen LogP contribution in [0.3, 0.4) is 0 Å². The predicted molar refractivity (Wildman–Crippen MR) is 77.4 cm³/mol. The van der Waals surface area contributed by atoms with Crippen LogP contribution in [0.1, 0.15) is 23.5 Å². The zero-order valence-electron chi connectivity index (χ0n) is 11.5. The third kappa shape index (κ3) is 3.00. The minimum atomic E-state index is -0.244. The Morgan fingerprint density at radius 3 is 2.57 bits per heavy atom. The second-order valence-electron chi connectivity index (χ2n) is 4.58.